The van der Waals surface area contributed by atoms with Gasteiger partial charge in [-0.2, -0.15) is 0 Å². The Bertz CT molecular complexity index is 214. The van der Waals surface area contributed by atoms with Crippen LogP contribution in [0.15, 0.2) is 0 Å². The molecular weight excluding hydrogens is 343 g/mol. The van der Waals surface area contributed by atoms with Crippen LogP contribution in [0.4, 0.5) is 0 Å². The van der Waals surface area contributed by atoms with Crippen LogP contribution in [-0.4, -0.2) is 12.3 Å². The molecule has 0 aromatic carbocycles. The van der Waals surface area contributed by atoms with Crippen LogP contribution >= 0.6 is 8.58 Å². The first-order valence-electron chi connectivity index (χ1n) is 13.1. The van der Waals surface area contributed by atoms with E-state index in [-0.39, 0.29) is 0 Å². The molecule has 0 aliphatic heterocycles. The molecule has 0 N–H and O–H groups in total. The van der Waals surface area contributed by atoms with E-state index in [1.165, 1.54) is 162 Å². The van der Waals surface area contributed by atoms with Gasteiger partial charge in [0.1, 0.15) is 0 Å². The van der Waals surface area contributed by atoms with E-state index in [1.54, 1.807) is 0 Å². The van der Waals surface area contributed by atoms with Crippen LogP contribution in [0, 0.1) is 0 Å². The van der Waals surface area contributed by atoms with Gasteiger partial charge in [-0.05, 0) is 25.2 Å². The molecule has 0 rings (SSSR count). The van der Waals surface area contributed by atoms with Crippen molar-refractivity contribution in [2.75, 3.05) is 12.3 Å². The van der Waals surface area contributed by atoms with Crippen LogP contribution in [0.1, 0.15) is 155 Å². The van der Waals surface area contributed by atoms with Crippen molar-refractivity contribution in [1.82, 2.24) is 0 Å². The molecule has 0 radical (unpaired) electrons. The molecule has 0 saturated carbocycles. The minimum Gasteiger partial charge on any atom is -0.122 e. The predicted octanol–water partition coefficient (Wildman–Crippen LogP) is 10.3. The highest BCUT2D eigenvalue weighted by Gasteiger charge is 1.95. The number of unbranched alkanes of at least 4 members (excludes halogenated alkanes) is 20. The molecule has 1 heteroatoms. The monoisotopic (exact) mass is 398 g/mol. The fourth-order valence-electron chi connectivity index (χ4n) is 3.93. The third-order valence-electron chi connectivity index (χ3n) is 5.91. The lowest BCUT2D eigenvalue weighted by atomic mass is 10.0. The molecular formula is C26H55P. The Labute approximate surface area is 176 Å². The van der Waals surface area contributed by atoms with Gasteiger partial charge in [0.05, 0.1) is 0 Å². The van der Waals surface area contributed by atoms with Crippen molar-refractivity contribution in [2.45, 2.75) is 155 Å². The zero-order valence-electron chi connectivity index (χ0n) is 19.5. The van der Waals surface area contributed by atoms with Crippen LogP contribution in [0.5, 0.6) is 0 Å². The third-order valence-corrected chi connectivity index (χ3v) is 7.33. The van der Waals surface area contributed by atoms with E-state index in [0.29, 0.717) is 0 Å². The molecule has 0 saturated heterocycles. The minimum atomic E-state index is 1.25. The Morgan fingerprint density at radius 2 is 0.556 bits per heavy atom. The summed E-state index contributed by atoms with van der Waals surface area (Å²) in [4.78, 5) is 0. The molecule has 0 heterocycles. The summed E-state index contributed by atoms with van der Waals surface area (Å²) in [5.74, 6) is 0. The highest BCUT2D eigenvalue weighted by Crippen LogP contribution is 2.17. The van der Waals surface area contributed by atoms with Gasteiger partial charge in [0, 0.05) is 0 Å². The van der Waals surface area contributed by atoms with E-state index in [1.807, 2.05) is 0 Å². The average Bonchev–Trinajstić information content (AvgIpc) is 2.68. The van der Waals surface area contributed by atoms with E-state index < -0.39 is 0 Å². The second-order valence-electron chi connectivity index (χ2n) is 8.82. The fourth-order valence-corrected chi connectivity index (χ4v) is 5.29. The summed E-state index contributed by atoms with van der Waals surface area (Å²) < 4.78 is 0. The van der Waals surface area contributed by atoms with Gasteiger partial charge in [0.2, 0.25) is 0 Å². The van der Waals surface area contributed by atoms with Gasteiger partial charge in [-0.3, -0.25) is 0 Å². The average molecular weight is 399 g/mol. The van der Waals surface area contributed by atoms with Gasteiger partial charge in [-0.15, -0.1) is 8.58 Å². The van der Waals surface area contributed by atoms with E-state index in [2.05, 4.69) is 13.8 Å². The number of rotatable bonds is 24. The molecule has 0 nitrogen and oxygen atoms in total. The van der Waals surface area contributed by atoms with Crippen molar-refractivity contribution in [1.29, 1.82) is 0 Å². The third kappa shape index (κ3) is 26.4. The Morgan fingerprint density at radius 1 is 0.296 bits per heavy atom. The molecule has 0 aliphatic rings. The largest absolute Gasteiger partial charge is 0.122 e. The van der Waals surface area contributed by atoms with Crippen molar-refractivity contribution >= 4 is 8.58 Å². The molecule has 0 fully saturated rings. The first-order valence-corrected chi connectivity index (χ1v) is 14.5. The summed E-state index contributed by atoms with van der Waals surface area (Å²) in [5, 5.41) is 0. The molecule has 0 bridgehead atoms. The standard InChI is InChI=1S/C26H55P/c1-3-5-7-8-9-10-11-12-13-14-15-16-17-18-19-20-21-22-23-24-26-27-25-6-4-2/h27H,3-26H2,1-2H3. The van der Waals surface area contributed by atoms with Crippen molar-refractivity contribution in [2.24, 2.45) is 0 Å². The number of hydrogen-bond donors (Lipinski definition) is 0. The highest BCUT2D eigenvalue weighted by molar-refractivity contribution is 7.37. The lowest BCUT2D eigenvalue weighted by Crippen LogP contribution is -1.85. The molecule has 0 aromatic rings. The first kappa shape index (κ1) is 27.4. The molecule has 27 heavy (non-hydrogen) atoms. The van der Waals surface area contributed by atoms with Crippen molar-refractivity contribution in [3.05, 3.63) is 0 Å². The second kappa shape index (κ2) is 26.4. The Balaban J connectivity index is 2.95. The SMILES string of the molecule is CCCCCCCCCCCCCCCCCCCCCCPCCCC. The summed E-state index contributed by atoms with van der Waals surface area (Å²) in [6.07, 6.45) is 35.5. The van der Waals surface area contributed by atoms with Crippen LogP contribution in [0.3, 0.4) is 0 Å². The zero-order valence-corrected chi connectivity index (χ0v) is 20.5. The lowest BCUT2D eigenvalue weighted by Gasteiger charge is -2.04. The maximum absolute atomic E-state index is 2.31. The van der Waals surface area contributed by atoms with E-state index in [0.717, 1.165) is 0 Å². The summed E-state index contributed by atoms with van der Waals surface area (Å²) >= 11 is 0. The highest BCUT2D eigenvalue weighted by atomic mass is 31.1. The Hall–Kier alpha value is 0.430. The van der Waals surface area contributed by atoms with Crippen LogP contribution in [0.2, 0.25) is 0 Å². The van der Waals surface area contributed by atoms with Gasteiger partial charge in [0.15, 0.2) is 0 Å². The van der Waals surface area contributed by atoms with Crippen LogP contribution in [-0.2, 0) is 0 Å². The van der Waals surface area contributed by atoms with Gasteiger partial charge < -0.3 is 0 Å². The topological polar surface area (TPSA) is 0 Å². The summed E-state index contributed by atoms with van der Waals surface area (Å²) in [6.45, 7) is 4.61. The van der Waals surface area contributed by atoms with E-state index in [9.17, 15) is 0 Å². The first-order chi connectivity index (χ1) is 13.4. The molecule has 0 aromatic heterocycles. The number of hydrogen-bond acceptors (Lipinski definition) is 0. The van der Waals surface area contributed by atoms with E-state index >= 15 is 0 Å². The van der Waals surface area contributed by atoms with Gasteiger partial charge in [-0.1, -0.05) is 142 Å². The molecule has 164 valence electrons. The lowest BCUT2D eigenvalue weighted by molar-refractivity contribution is 0.523. The minimum absolute atomic E-state index is 1.25. The quantitative estimate of drug-likeness (QED) is 0.112. The fraction of sp³-hybridized carbons (Fsp3) is 1.00. The molecule has 0 spiro atoms. The molecule has 1 unspecified atom stereocenters. The van der Waals surface area contributed by atoms with Crippen LogP contribution in [0.25, 0.3) is 0 Å². The van der Waals surface area contributed by atoms with Gasteiger partial charge in [0.25, 0.3) is 0 Å². The zero-order chi connectivity index (χ0) is 19.7. The predicted molar refractivity (Wildman–Crippen MR) is 131 cm³/mol. The smallest absolute Gasteiger partial charge is 0.0353 e. The normalized spacial score (nSPS) is 11.8. The maximum atomic E-state index is 2.31. The summed E-state index contributed by atoms with van der Waals surface area (Å²) in [7, 11) is 1.25. The van der Waals surface area contributed by atoms with Crippen LogP contribution < -0.4 is 0 Å². The molecule has 0 amide bonds. The Morgan fingerprint density at radius 3 is 0.889 bits per heavy atom. The molecule has 1 atom stereocenters. The van der Waals surface area contributed by atoms with Gasteiger partial charge >= 0.3 is 0 Å². The van der Waals surface area contributed by atoms with Crippen molar-refractivity contribution in [3.8, 4) is 0 Å². The second-order valence-corrected chi connectivity index (χ2v) is 10.3. The maximum Gasteiger partial charge on any atom is -0.0353 e. The van der Waals surface area contributed by atoms with Crippen molar-refractivity contribution in [3.63, 3.8) is 0 Å². The van der Waals surface area contributed by atoms with Crippen molar-refractivity contribution < 1.29 is 0 Å². The summed E-state index contributed by atoms with van der Waals surface area (Å²) in [6, 6.07) is 0. The summed E-state index contributed by atoms with van der Waals surface area (Å²) in [5.41, 5.74) is 0. The van der Waals surface area contributed by atoms with E-state index in [4.69, 9.17) is 0 Å². The Kier molecular flexibility index (Phi) is 26.9. The van der Waals surface area contributed by atoms with Gasteiger partial charge in [-0.25, -0.2) is 0 Å². The molecule has 0 aliphatic carbocycles.